The van der Waals surface area contributed by atoms with E-state index < -0.39 is 0 Å². The van der Waals surface area contributed by atoms with E-state index in [0.29, 0.717) is 13.0 Å². The lowest BCUT2D eigenvalue weighted by molar-refractivity contribution is -0.139. The number of carbonyl (C=O) groups is 2. The van der Waals surface area contributed by atoms with Crippen LogP contribution in [0.25, 0.3) is 0 Å². The van der Waals surface area contributed by atoms with Gasteiger partial charge in [0.2, 0.25) is 11.8 Å². The average Bonchev–Trinajstić information content (AvgIpc) is 2.44. The van der Waals surface area contributed by atoms with Gasteiger partial charge in [0.1, 0.15) is 0 Å². The van der Waals surface area contributed by atoms with Crippen LogP contribution in [0.15, 0.2) is 0 Å². The summed E-state index contributed by atoms with van der Waals surface area (Å²) in [6, 6.07) is 0. The van der Waals surface area contributed by atoms with Gasteiger partial charge in [-0.3, -0.25) is 14.5 Å². The molecule has 1 saturated heterocycles. The highest BCUT2D eigenvalue weighted by molar-refractivity contribution is 6.03. The maximum absolute atomic E-state index is 11.9. The van der Waals surface area contributed by atoms with E-state index in [-0.39, 0.29) is 23.7 Å². The maximum atomic E-state index is 11.9. The van der Waals surface area contributed by atoms with Crippen LogP contribution in [-0.2, 0) is 9.59 Å². The van der Waals surface area contributed by atoms with Gasteiger partial charge in [-0.2, -0.15) is 0 Å². The van der Waals surface area contributed by atoms with Crippen molar-refractivity contribution in [2.24, 2.45) is 11.8 Å². The largest absolute Gasteiger partial charge is 0.309 e. The summed E-state index contributed by atoms with van der Waals surface area (Å²) < 4.78 is 0. The Balaban J connectivity index is 2.48. The van der Waals surface area contributed by atoms with E-state index in [1.54, 1.807) is 0 Å². The van der Waals surface area contributed by atoms with Crippen molar-refractivity contribution >= 4 is 11.8 Å². The van der Waals surface area contributed by atoms with E-state index in [1.807, 2.05) is 27.9 Å². The molecule has 0 aromatic carbocycles. The van der Waals surface area contributed by atoms with Crippen LogP contribution in [0, 0.1) is 11.8 Å². The topological polar surface area (TPSA) is 40.6 Å². The van der Waals surface area contributed by atoms with Crippen molar-refractivity contribution in [3.05, 3.63) is 0 Å². The van der Waals surface area contributed by atoms with Gasteiger partial charge in [-0.05, 0) is 33.0 Å². The summed E-state index contributed by atoms with van der Waals surface area (Å²) in [5.74, 6) is 0.198. The first-order valence-electron chi connectivity index (χ1n) is 5.92. The highest BCUT2D eigenvalue weighted by atomic mass is 16.2. The third-order valence-electron chi connectivity index (χ3n) is 3.07. The second kappa shape index (κ2) is 5.43. The Morgan fingerprint density at radius 3 is 2.44 bits per heavy atom. The fraction of sp³-hybridized carbons (Fsp3) is 0.833. The fourth-order valence-corrected chi connectivity index (χ4v) is 2.01. The van der Waals surface area contributed by atoms with Crippen LogP contribution in [-0.4, -0.2) is 48.8 Å². The first kappa shape index (κ1) is 13.2. The lowest BCUT2D eigenvalue weighted by Crippen LogP contribution is -2.33. The van der Waals surface area contributed by atoms with Crippen molar-refractivity contribution in [3.8, 4) is 0 Å². The SMILES string of the molecule is CC(C)C1CC(=O)N(CCCN(C)C)C1=O. The van der Waals surface area contributed by atoms with E-state index in [0.717, 1.165) is 13.0 Å². The molecule has 2 amide bonds. The Hall–Kier alpha value is -0.900. The molecule has 0 saturated carbocycles. The van der Waals surface area contributed by atoms with Crippen LogP contribution >= 0.6 is 0 Å². The van der Waals surface area contributed by atoms with Gasteiger partial charge in [-0.25, -0.2) is 0 Å². The molecule has 16 heavy (non-hydrogen) atoms. The number of likely N-dealkylation sites (tertiary alicyclic amines) is 1. The van der Waals surface area contributed by atoms with Gasteiger partial charge in [-0.15, -0.1) is 0 Å². The van der Waals surface area contributed by atoms with Crippen LogP contribution in [0.3, 0.4) is 0 Å². The highest BCUT2D eigenvalue weighted by Gasteiger charge is 2.39. The van der Waals surface area contributed by atoms with Crippen molar-refractivity contribution in [1.29, 1.82) is 0 Å². The molecule has 1 unspecified atom stereocenters. The molecule has 4 nitrogen and oxygen atoms in total. The maximum Gasteiger partial charge on any atom is 0.233 e. The number of imide groups is 1. The predicted molar refractivity (Wildman–Crippen MR) is 62.8 cm³/mol. The number of amides is 2. The van der Waals surface area contributed by atoms with Gasteiger partial charge in [-0.1, -0.05) is 13.8 Å². The summed E-state index contributed by atoms with van der Waals surface area (Å²) in [7, 11) is 3.98. The Bertz CT molecular complexity index is 274. The third kappa shape index (κ3) is 3.04. The molecule has 1 atom stereocenters. The second-order valence-corrected chi connectivity index (χ2v) is 5.10. The molecule has 0 aliphatic carbocycles. The lowest BCUT2D eigenvalue weighted by atomic mass is 9.94. The summed E-state index contributed by atoms with van der Waals surface area (Å²) in [6.45, 7) is 5.47. The summed E-state index contributed by atoms with van der Waals surface area (Å²) in [5.41, 5.74) is 0. The third-order valence-corrected chi connectivity index (χ3v) is 3.07. The molecule has 4 heteroatoms. The minimum absolute atomic E-state index is 0.00227. The van der Waals surface area contributed by atoms with E-state index in [1.165, 1.54) is 4.90 Å². The van der Waals surface area contributed by atoms with Gasteiger partial charge in [0.25, 0.3) is 0 Å². The number of rotatable bonds is 5. The number of hydrogen-bond acceptors (Lipinski definition) is 3. The molecule has 1 aliphatic heterocycles. The van der Waals surface area contributed by atoms with Gasteiger partial charge in [0.05, 0.1) is 0 Å². The average molecular weight is 226 g/mol. The summed E-state index contributed by atoms with van der Waals surface area (Å²) in [5, 5.41) is 0. The number of carbonyl (C=O) groups excluding carboxylic acids is 2. The van der Waals surface area contributed by atoms with Gasteiger partial charge in [0, 0.05) is 18.9 Å². The van der Waals surface area contributed by atoms with Crippen molar-refractivity contribution in [1.82, 2.24) is 9.80 Å². The molecule has 0 aromatic heterocycles. The van der Waals surface area contributed by atoms with Crippen LogP contribution in [0.4, 0.5) is 0 Å². The molecule has 1 heterocycles. The molecule has 1 rings (SSSR count). The van der Waals surface area contributed by atoms with Crippen LogP contribution in [0.2, 0.25) is 0 Å². The molecule has 92 valence electrons. The quantitative estimate of drug-likeness (QED) is 0.656. The molecule has 0 bridgehead atoms. The molecule has 0 radical (unpaired) electrons. The van der Waals surface area contributed by atoms with Gasteiger partial charge < -0.3 is 4.90 Å². The standard InChI is InChI=1S/C12H22N2O2/c1-9(2)10-8-11(15)14(12(10)16)7-5-6-13(3)4/h9-10H,5-8H2,1-4H3. The van der Waals surface area contributed by atoms with Crippen molar-refractivity contribution in [2.45, 2.75) is 26.7 Å². The monoisotopic (exact) mass is 226 g/mol. The summed E-state index contributed by atoms with van der Waals surface area (Å²) in [6.07, 6.45) is 1.26. The van der Waals surface area contributed by atoms with Crippen LogP contribution < -0.4 is 0 Å². The van der Waals surface area contributed by atoms with E-state index in [2.05, 4.69) is 4.90 Å². The van der Waals surface area contributed by atoms with Crippen molar-refractivity contribution in [3.63, 3.8) is 0 Å². The summed E-state index contributed by atoms with van der Waals surface area (Å²) in [4.78, 5) is 27.1. The van der Waals surface area contributed by atoms with Crippen molar-refractivity contribution in [2.75, 3.05) is 27.2 Å². The van der Waals surface area contributed by atoms with E-state index in [4.69, 9.17) is 0 Å². The van der Waals surface area contributed by atoms with Gasteiger partial charge >= 0.3 is 0 Å². The highest BCUT2D eigenvalue weighted by Crippen LogP contribution is 2.26. The zero-order chi connectivity index (χ0) is 12.3. The first-order chi connectivity index (χ1) is 7.43. The van der Waals surface area contributed by atoms with E-state index in [9.17, 15) is 9.59 Å². The molecule has 0 N–H and O–H groups in total. The molecule has 0 spiro atoms. The van der Waals surface area contributed by atoms with Crippen molar-refractivity contribution < 1.29 is 9.59 Å². The molecular weight excluding hydrogens is 204 g/mol. The van der Waals surface area contributed by atoms with Crippen LogP contribution in [0.1, 0.15) is 26.7 Å². The van der Waals surface area contributed by atoms with Crippen LogP contribution in [0.5, 0.6) is 0 Å². The number of nitrogens with zero attached hydrogens (tertiary/aromatic N) is 2. The smallest absolute Gasteiger partial charge is 0.233 e. The zero-order valence-electron chi connectivity index (χ0n) is 10.7. The lowest BCUT2D eigenvalue weighted by Gasteiger charge is -2.17. The molecule has 1 fully saturated rings. The first-order valence-corrected chi connectivity index (χ1v) is 5.92. The summed E-state index contributed by atoms with van der Waals surface area (Å²) >= 11 is 0. The Morgan fingerprint density at radius 1 is 1.38 bits per heavy atom. The Labute approximate surface area is 97.6 Å². The normalized spacial score (nSPS) is 21.6. The molecular formula is C12H22N2O2. The minimum Gasteiger partial charge on any atom is -0.309 e. The number of hydrogen-bond donors (Lipinski definition) is 0. The molecule has 1 aliphatic rings. The fourth-order valence-electron chi connectivity index (χ4n) is 2.01. The second-order valence-electron chi connectivity index (χ2n) is 5.10. The van der Waals surface area contributed by atoms with Gasteiger partial charge in [0.15, 0.2) is 0 Å². The predicted octanol–water partition coefficient (Wildman–Crippen LogP) is 0.969. The molecule has 0 aromatic rings. The van der Waals surface area contributed by atoms with E-state index >= 15 is 0 Å². The minimum atomic E-state index is -0.0909. The Morgan fingerprint density at radius 2 is 2.00 bits per heavy atom. The Kier molecular flexibility index (Phi) is 4.47. The zero-order valence-corrected chi connectivity index (χ0v) is 10.7.